The Morgan fingerprint density at radius 1 is 1.24 bits per heavy atom. The molecule has 34 heavy (non-hydrogen) atoms. The number of aromatic nitrogens is 5. The van der Waals surface area contributed by atoms with E-state index in [1.165, 1.54) is 6.07 Å². The summed E-state index contributed by atoms with van der Waals surface area (Å²) in [6, 6.07) is 8.66. The fraction of sp³-hybridized carbons (Fsp3) is 0.375. The van der Waals surface area contributed by atoms with E-state index in [2.05, 4.69) is 25.1 Å². The lowest BCUT2D eigenvalue weighted by Gasteiger charge is -2.30. The van der Waals surface area contributed by atoms with E-state index >= 15 is 0 Å². The molecule has 9 nitrogen and oxygen atoms in total. The molecule has 1 fully saturated rings. The highest BCUT2D eigenvalue weighted by atomic mass is 19.1. The largest absolute Gasteiger partial charge is 0.474 e. The van der Waals surface area contributed by atoms with Gasteiger partial charge in [0, 0.05) is 49.7 Å². The summed E-state index contributed by atoms with van der Waals surface area (Å²) in [5.41, 5.74) is 2.33. The minimum atomic E-state index is -0.487. The van der Waals surface area contributed by atoms with Crippen molar-refractivity contribution < 1.29 is 13.7 Å². The lowest BCUT2D eigenvalue weighted by molar-refractivity contribution is 0.157. The van der Waals surface area contributed by atoms with Crippen molar-refractivity contribution in [1.29, 1.82) is 5.26 Å². The predicted octanol–water partition coefficient (Wildman–Crippen LogP) is 4.27. The molecule has 0 amide bonds. The molecule has 0 aliphatic carbocycles. The molecule has 5 rings (SSSR count). The number of halogens is 1. The van der Waals surface area contributed by atoms with Crippen LogP contribution in [0.15, 0.2) is 35.0 Å². The number of aryl methyl sites for hydroxylation is 1. The molecule has 10 heteroatoms. The molecule has 3 aromatic heterocycles. The normalized spacial score (nSPS) is 14.6. The van der Waals surface area contributed by atoms with Crippen molar-refractivity contribution in [3.63, 3.8) is 0 Å². The van der Waals surface area contributed by atoms with E-state index < -0.39 is 5.82 Å². The number of nitriles is 1. The average molecular weight is 462 g/mol. The Balaban J connectivity index is 1.35. The molecule has 0 saturated carbocycles. The smallest absolute Gasteiger partial charge is 0.324 e. The molecule has 1 aliphatic heterocycles. The Morgan fingerprint density at radius 2 is 2.03 bits per heavy atom. The zero-order valence-corrected chi connectivity index (χ0v) is 19.2. The summed E-state index contributed by atoms with van der Waals surface area (Å²) in [5, 5.41) is 17.6. The van der Waals surface area contributed by atoms with Crippen molar-refractivity contribution in [1.82, 2.24) is 24.7 Å². The van der Waals surface area contributed by atoms with Crippen LogP contribution >= 0.6 is 0 Å². The maximum atomic E-state index is 14.7. The second-order valence-corrected chi connectivity index (χ2v) is 8.68. The Morgan fingerprint density at radius 3 is 2.71 bits per heavy atom. The molecular formula is C24H24FN7O2. The quantitative estimate of drug-likeness (QED) is 0.434. The van der Waals surface area contributed by atoms with Gasteiger partial charge < -0.3 is 14.2 Å². The highest BCUT2D eigenvalue weighted by molar-refractivity contribution is 5.80. The van der Waals surface area contributed by atoms with Gasteiger partial charge in [0.2, 0.25) is 5.88 Å². The van der Waals surface area contributed by atoms with Gasteiger partial charge in [0.15, 0.2) is 11.5 Å². The van der Waals surface area contributed by atoms with E-state index in [0.717, 1.165) is 25.9 Å². The third kappa shape index (κ3) is 3.94. The van der Waals surface area contributed by atoms with Crippen LogP contribution in [0.4, 0.5) is 10.4 Å². The number of rotatable bonds is 5. The Kier molecular flexibility index (Phi) is 5.61. The Hall–Kier alpha value is -4.00. The van der Waals surface area contributed by atoms with E-state index in [4.69, 9.17) is 14.5 Å². The standard InChI is InChI=1S/C24H24FN7O2/c1-14(2)22-28-24(34-30-22)31-10-7-17(8-11-31)33-20-6-9-27-23-21(15(3)29-32(20)23)18-5-4-16(13-26)12-19(18)25/h4-6,9,12,14,17H,7-8,10-11H2,1-3H3. The van der Waals surface area contributed by atoms with Gasteiger partial charge in [-0.25, -0.2) is 9.37 Å². The van der Waals surface area contributed by atoms with Gasteiger partial charge in [-0.2, -0.15) is 19.9 Å². The van der Waals surface area contributed by atoms with Crippen LogP contribution in [0.2, 0.25) is 0 Å². The molecule has 0 atom stereocenters. The number of hydrogen-bond acceptors (Lipinski definition) is 8. The van der Waals surface area contributed by atoms with E-state index in [1.807, 2.05) is 19.9 Å². The van der Waals surface area contributed by atoms with Crippen LogP contribution in [0.25, 0.3) is 16.8 Å². The third-order valence-corrected chi connectivity index (χ3v) is 5.97. The fourth-order valence-corrected chi connectivity index (χ4v) is 4.15. The monoisotopic (exact) mass is 461 g/mol. The molecule has 4 heterocycles. The van der Waals surface area contributed by atoms with Crippen molar-refractivity contribution in [3.05, 3.63) is 53.4 Å². The highest BCUT2D eigenvalue weighted by Crippen LogP contribution is 2.32. The van der Waals surface area contributed by atoms with Gasteiger partial charge in [0.25, 0.3) is 0 Å². The lowest BCUT2D eigenvalue weighted by atomic mass is 10.0. The topological polar surface area (TPSA) is 105 Å². The van der Waals surface area contributed by atoms with Gasteiger partial charge in [-0.05, 0) is 25.1 Å². The summed E-state index contributed by atoms with van der Waals surface area (Å²) < 4.78 is 28.1. The molecule has 174 valence electrons. The van der Waals surface area contributed by atoms with Crippen molar-refractivity contribution >= 4 is 11.7 Å². The number of hydrogen-bond donors (Lipinski definition) is 0. The first-order valence-corrected chi connectivity index (χ1v) is 11.2. The molecule has 0 unspecified atom stereocenters. The van der Waals surface area contributed by atoms with Gasteiger partial charge in [0.1, 0.15) is 11.9 Å². The van der Waals surface area contributed by atoms with Crippen LogP contribution in [-0.2, 0) is 0 Å². The minimum Gasteiger partial charge on any atom is -0.474 e. The van der Waals surface area contributed by atoms with Gasteiger partial charge >= 0.3 is 6.01 Å². The SMILES string of the molecule is Cc1nn2c(OC3CCN(c4nc(C(C)C)no4)CC3)ccnc2c1-c1ccc(C#N)cc1F. The predicted molar refractivity (Wildman–Crippen MR) is 122 cm³/mol. The van der Waals surface area contributed by atoms with Crippen LogP contribution in [0, 0.1) is 24.1 Å². The average Bonchev–Trinajstić information content (AvgIpc) is 3.45. The van der Waals surface area contributed by atoms with E-state index in [-0.39, 0.29) is 17.6 Å². The van der Waals surface area contributed by atoms with Crippen LogP contribution in [0.3, 0.4) is 0 Å². The summed E-state index contributed by atoms with van der Waals surface area (Å²) in [5.74, 6) is 0.981. The summed E-state index contributed by atoms with van der Waals surface area (Å²) in [4.78, 5) is 11.0. The first kappa shape index (κ1) is 21.8. The fourth-order valence-electron chi connectivity index (χ4n) is 4.15. The molecule has 1 aromatic carbocycles. The number of benzene rings is 1. The maximum Gasteiger partial charge on any atom is 0.324 e. The van der Waals surface area contributed by atoms with Crippen molar-refractivity contribution in [2.24, 2.45) is 0 Å². The molecule has 4 aromatic rings. The van der Waals surface area contributed by atoms with E-state index in [0.29, 0.717) is 40.2 Å². The number of nitrogens with zero attached hydrogens (tertiary/aromatic N) is 7. The number of piperidine rings is 1. The molecule has 1 saturated heterocycles. The van der Waals surface area contributed by atoms with E-state index in [1.54, 1.807) is 35.8 Å². The molecular weight excluding hydrogens is 437 g/mol. The highest BCUT2D eigenvalue weighted by Gasteiger charge is 2.26. The zero-order valence-electron chi connectivity index (χ0n) is 19.2. The maximum absolute atomic E-state index is 14.7. The van der Waals surface area contributed by atoms with Gasteiger partial charge in [-0.3, -0.25) is 0 Å². The molecule has 0 spiro atoms. The zero-order chi connectivity index (χ0) is 23.8. The van der Waals surface area contributed by atoms with Crippen LogP contribution < -0.4 is 9.64 Å². The van der Waals surface area contributed by atoms with Crippen molar-refractivity contribution in [2.45, 2.75) is 45.6 Å². The summed E-state index contributed by atoms with van der Waals surface area (Å²) in [6.45, 7) is 7.33. The Bertz CT molecular complexity index is 1380. The van der Waals surface area contributed by atoms with Crippen LogP contribution in [0.1, 0.15) is 49.7 Å². The third-order valence-electron chi connectivity index (χ3n) is 5.97. The molecule has 0 bridgehead atoms. The molecule has 0 N–H and O–H groups in total. The van der Waals surface area contributed by atoms with Gasteiger partial charge in [-0.15, -0.1) is 0 Å². The first-order chi connectivity index (χ1) is 16.4. The van der Waals surface area contributed by atoms with Crippen LogP contribution in [-0.4, -0.2) is 43.9 Å². The summed E-state index contributed by atoms with van der Waals surface area (Å²) in [6.07, 6.45) is 3.17. The van der Waals surface area contributed by atoms with Gasteiger partial charge in [0.05, 0.1) is 22.9 Å². The second kappa shape index (κ2) is 8.74. The Labute approximate surface area is 195 Å². The van der Waals surface area contributed by atoms with Crippen LogP contribution in [0.5, 0.6) is 5.88 Å². The summed E-state index contributed by atoms with van der Waals surface area (Å²) in [7, 11) is 0. The number of anilines is 1. The van der Waals surface area contributed by atoms with Gasteiger partial charge in [-0.1, -0.05) is 19.0 Å². The second-order valence-electron chi connectivity index (χ2n) is 8.68. The minimum absolute atomic E-state index is 0.0195. The first-order valence-electron chi connectivity index (χ1n) is 11.2. The summed E-state index contributed by atoms with van der Waals surface area (Å²) >= 11 is 0. The van der Waals surface area contributed by atoms with Crippen molar-refractivity contribution in [2.75, 3.05) is 18.0 Å². The number of ether oxygens (including phenoxy) is 1. The van der Waals surface area contributed by atoms with Crippen molar-refractivity contribution in [3.8, 4) is 23.1 Å². The molecule has 0 radical (unpaired) electrons. The number of fused-ring (bicyclic) bond motifs is 1. The molecule has 1 aliphatic rings. The van der Waals surface area contributed by atoms with E-state index in [9.17, 15) is 4.39 Å². The lowest BCUT2D eigenvalue weighted by Crippen LogP contribution is -2.38.